The highest BCUT2D eigenvalue weighted by Crippen LogP contribution is 2.27. The van der Waals surface area contributed by atoms with Crippen molar-refractivity contribution in [2.45, 2.75) is 39.8 Å². The van der Waals surface area contributed by atoms with E-state index in [0.29, 0.717) is 22.2 Å². The topological polar surface area (TPSA) is 94.2 Å². The molecule has 2 heterocycles. The lowest BCUT2D eigenvalue weighted by Crippen LogP contribution is -2.30. The van der Waals surface area contributed by atoms with Gasteiger partial charge in [-0.15, -0.1) is 0 Å². The number of benzene rings is 1. The molecule has 0 fully saturated rings. The van der Waals surface area contributed by atoms with Crippen molar-refractivity contribution in [3.63, 3.8) is 0 Å². The van der Waals surface area contributed by atoms with Crippen LogP contribution in [0.1, 0.15) is 54.5 Å². The fourth-order valence-electron chi connectivity index (χ4n) is 3.19. The minimum atomic E-state index is -0.436. The summed E-state index contributed by atoms with van der Waals surface area (Å²) in [7, 11) is 1.69. The lowest BCUT2D eigenvalue weighted by Gasteiger charge is -2.25. The molecular formula is C20H23N5O3. The monoisotopic (exact) mass is 381 g/mol. The third kappa shape index (κ3) is 3.45. The molecule has 1 atom stereocenters. The van der Waals surface area contributed by atoms with Crippen molar-refractivity contribution < 1.29 is 9.72 Å². The lowest BCUT2D eigenvalue weighted by molar-refractivity contribution is -0.384. The second-order valence-electron chi connectivity index (χ2n) is 7.18. The first-order valence-corrected chi connectivity index (χ1v) is 9.07. The molecule has 8 nitrogen and oxygen atoms in total. The van der Waals surface area contributed by atoms with Gasteiger partial charge in [-0.2, -0.15) is 5.10 Å². The average Bonchev–Trinajstić information content (AvgIpc) is 3.09. The molecule has 0 aliphatic carbocycles. The SMILES string of the molecule is Cc1cc(C(=O)N(C)C(C)c2cccc([N+](=O)[O-])c2)c2cnn(C(C)C)c2n1. The van der Waals surface area contributed by atoms with E-state index in [4.69, 9.17) is 0 Å². The van der Waals surface area contributed by atoms with E-state index in [9.17, 15) is 14.9 Å². The number of carbonyl (C=O) groups excluding carboxylic acids is 1. The van der Waals surface area contributed by atoms with Crippen molar-refractivity contribution in [1.82, 2.24) is 19.7 Å². The van der Waals surface area contributed by atoms with Gasteiger partial charge in [-0.1, -0.05) is 12.1 Å². The molecule has 0 aliphatic rings. The molecule has 0 N–H and O–H groups in total. The molecular weight excluding hydrogens is 358 g/mol. The van der Waals surface area contributed by atoms with Gasteiger partial charge < -0.3 is 4.90 Å². The third-order valence-corrected chi connectivity index (χ3v) is 4.88. The number of hydrogen-bond donors (Lipinski definition) is 0. The zero-order chi connectivity index (χ0) is 20.6. The number of fused-ring (bicyclic) bond motifs is 1. The largest absolute Gasteiger partial charge is 0.335 e. The number of nitro groups is 1. The number of nitrogens with zero attached hydrogens (tertiary/aromatic N) is 5. The van der Waals surface area contributed by atoms with Gasteiger partial charge in [0.1, 0.15) is 0 Å². The van der Waals surface area contributed by atoms with E-state index in [2.05, 4.69) is 10.1 Å². The molecule has 0 spiro atoms. The highest BCUT2D eigenvalue weighted by atomic mass is 16.6. The number of rotatable bonds is 5. The molecule has 3 aromatic rings. The lowest BCUT2D eigenvalue weighted by atomic mass is 10.0. The smallest absolute Gasteiger partial charge is 0.269 e. The van der Waals surface area contributed by atoms with E-state index in [1.807, 2.05) is 27.7 Å². The van der Waals surface area contributed by atoms with Gasteiger partial charge in [-0.25, -0.2) is 9.67 Å². The normalized spacial score (nSPS) is 12.4. The number of hydrogen-bond acceptors (Lipinski definition) is 5. The van der Waals surface area contributed by atoms with Crippen LogP contribution in [0, 0.1) is 17.0 Å². The third-order valence-electron chi connectivity index (χ3n) is 4.88. The van der Waals surface area contributed by atoms with Crippen LogP contribution in [-0.2, 0) is 0 Å². The summed E-state index contributed by atoms with van der Waals surface area (Å²) in [5, 5.41) is 16.1. The zero-order valence-electron chi connectivity index (χ0n) is 16.6. The van der Waals surface area contributed by atoms with E-state index < -0.39 is 4.92 Å². The fourth-order valence-corrected chi connectivity index (χ4v) is 3.19. The number of aryl methyl sites for hydroxylation is 1. The van der Waals surface area contributed by atoms with Crippen LogP contribution in [0.25, 0.3) is 11.0 Å². The van der Waals surface area contributed by atoms with E-state index in [1.165, 1.54) is 12.1 Å². The Morgan fingerprint density at radius 2 is 1.96 bits per heavy atom. The van der Waals surface area contributed by atoms with Crippen LogP contribution in [-0.4, -0.2) is 37.5 Å². The average molecular weight is 381 g/mol. The van der Waals surface area contributed by atoms with Gasteiger partial charge in [0.05, 0.1) is 28.1 Å². The summed E-state index contributed by atoms with van der Waals surface area (Å²) in [6.07, 6.45) is 1.67. The van der Waals surface area contributed by atoms with Crippen LogP contribution >= 0.6 is 0 Å². The summed E-state index contributed by atoms with van der Waals surface area (Å²) in [5.74, 6) is -0.183. The molecule has 0 bridgehead atoms. The fraction of sp³-hybridized carbons (Fsp3) is 0.350. The quantitative estimate of drug-likeness (QED) is 0.491. The van der Waals surface area contributed by atoms with Gasteiger partial charge in [0.2, 0.25) is 0 Å². The summed E-state index contributed by atoms with van der Waals surface area (Å²) in [4.78, 5) is 30.0. The molecule has 0 aliphatic heterocycles. The summed E-state index contributed by atoms with van der Waals surface area (Å²) in [6.45, 7) is 7.71. The summed E-state index contributed by atoms with van der Waals surface area (Å²) in [5.41, 5.74) is 2.63. The van der Waals surface area contributed by atoms with E-state index in [0.717, 1.165) is 5.69 Å². The van der Waals surface area contributed by atoms with Crippen molar-refractivity contribution in [2.75, 3.05) is 7.05 Å². The first-order valence-electron chi connectivity index (χ1n) is 9.07. The maximum atomic E-state index is 13.3. The van der Waals surface area contributed by atoms with E-state index in [1.54, 1.807) is 41.0 Å². The molecule has 28 heavy (non-hydrogen) atoms. The highest BCUT2D eigenvalue weighted by Gasteiger charge is 2.24. The maximum Gasteiger partial charge on any atom is 0.269 e. The Bertz CT molecular complexity index is 1060. The second-order valence-corrected chi connectivity index (χ2v) is 7.18. The van der Waals surface area contributed by atoms with Gasteiger partial charge in [0.15, 0.2) is 5.65 Å². The van der Waals surface area contributed by atoms with Crippen molar-refractivity contribution in [2.24, 2.45) is 0 Å². The Labute approximate surface area is 162 Å². The van der Waals surface area contributed by atoms with E-state index in [-0.39, 0.29) is 23.7 Å². The second kappa shape index (κ2) is 7.38. The predicted molar refractivity (Wildman–Crippen MR) is 106 cm³/mol. The molecule has 0 radical (unpaired) electrons. The summed E-state index contributed by atoms with van der Waals surface area (Å²) < 4.78 is 1.79. The minimum absolute atomic E-state index is 0.00514. The van der Waals surface area contributed by atoms with Gasteiger partial charge in [-0.3, -0.25) is 14.9 Å². The summed E-state index contributed by atoms with van der Waals surface area (Å²) in [6, 6.07) is 7.89. The van der Waals surface area contributed by atoms with Gasteiger partial charge in [0, 0.05) is 30.9 Å². The number of amides is 1. The molecule has 1 unspecified atom stereocenters. The van der Waals surface area contributed by atoms with Crippen LogP contribution in [0.3, 0.4) is 0 Å². The van der Waals surface area contributed by atoms with Crippen LogP contribution in [0.5, 0.6) is 0 Å². The Kier molecular flexibility index (Phi) is 5.13. The number of aromatic nitrogens is 3. The number of nitro benzene ring substituents is 1. The van der Waals surface area contributed by atoms with Crippen LogP contribution < -0.4 is 0 Å². The molecule has 8 heteroatoms. The molecule has 0 saturated heterocycles. The zero-order valence-corrected chi connectivity index (χ0v) is 16.6. The first kappa shape index (κ1) is 19.5. The Hall–Kier alpha value is -3.29. The molecule has 0 saturated carbocycles. The minimum Gasteiger partial charge on any atom is -0.335 e. The molecule has 1 aromatic carbocycles. The Morgan fingerprint density at radius 3 is 2.61 bits per heavy atom. The van der Waals surface area contributed by atoms with Gasteiger partial charge >= 0.3 is 0 Å². The van der Waals surface area contributed by atoms with Crippen molar-refractivity contribution >= 4 is 22.6 Å². The highest BCUT2D eigenvalue weighted by molar-refractivity contribution is 6.05. The maximum absolute atomic E-state index is 13.3. The van der Waals surface area contributed by atoms with Gasteiger partial charge in [-0.05, 0) is 39.3 Å². The predicted octanol–water partition coefficient (Wildman–Crippen LogP) is 4.06. The molecule has 2 aromatic heterocycles. The van der Waals surface area contributed by atoms with Crippen molar-refractivity contribution in [3.8, 4) is 0 Å². The standard InChI is InChI=1S/C20H23N5O3/c1-12(2)24-19-18(11-21-24)17(9-13(3)22-19)20(26)23(5)14(4)15-7-6-8-16(10-15)25(27)28/h6-12,14H,1-5H3. The Morgan fingerprint density at radius 1 is 1.25 bits per heavy atom. The molecule has 1 amide bonds. The first-order chi connectivity index (χ1) is 13.2. The van der Waals surface area contributed by atoms with Crippen LogP contribution in [0.15, 0.2) is 36.5 Å². The molecule has 146 valence electrons. The molecule has 3 rings (SSSR count). The van der Waals surface area contributed by atoms with Crippen LogP contribution in [0.2, 0.25) is 0 Å². The van der Waals surface area contributed by atoms with Crippen molar-refractivity contribution in [1.29, 1.82) is 0 Å². The number of non-ortho nitro benzene ring substituents is 1. The Balaban J connectivity index is 1.99. The summed E-state index contributed by atoms with van der Waals surface area (Å²) >= 11 is 0. The number of pyridine rings is 1. The van der Waals surface area contributed by atoms with Gasteiger partial charge in [0.25, 0.3) is 11.6 Å². The van der Waals surface area contributed by atoms with E-state index >= 15 is 0 Å². The van der Waals surface area contributed by atoms with Crippen molar-refractivity contribution in [3.05, 3.63) is 63.5 Å². The number of carbonyl (C=O) groups is 1. The van der Waals surface area contributed by atoms with Crippen LogP contribution in [0.4, 0.5) is 5.69 Å².